The molecule has 0 unspecified atom stereocenters. The molecule has 0 aliphatic heterocycles. The van der Waals surface area contributed by atoms with Crippen molar-refractivity contribution >= 4 is 22.2 Å². The zero-order chi connectivity index (χ0) is 13.1. The molecule has 3 N–H and O–H groups in total. The van der Waals surface area contributed by atoms with Gasteiger partial charge in [0.25, 0.3) is 0 Å². The molecule has 0 bridgehead atoms. The fourth-order valence-corrected chi connectivity index (χ4v) is 1.82. The Morgan fingerprint density at radius 2 is 2.33 bits per heavy atom. The third kappa shape index (κ3) is 2.46. The molecule has 94 valence electrons. The minimum absolute atomic E-state index is 0.0485. The van der Waals surface area contributed by atoms with Crippen LogP contribution in [0.4, 0.5) is 10.8 Å². The number of aromatic nitrogens is 4. The fraction of sp³-hybridized carbons (Fsp3) is 0.143. The molecule has 0 fully saturated rings. The average molecular weight is 269 g/mol. The SMILES string of the molecule is NNc1nnc(Cn2cc([N+](=O)[O-])cnc2=O)s1. The third-order valence-electron chi connectivity index (χ3n) is 1.95. The van der Waals surface area contributed by atoms with E-state index in [1.165, 1.54) is 0 Å². The van der Waals surface area contributed by atoms with E-state index in [-0.39, 0.29) is 12.2 Å². The summed E-state index contributed by atoms with van der Waals surface area (Å²) >= 11 is 1.13. The molecule has 0 aromatic carbocycles. The number of nitrogen functional groups attached to an aromatic ring is 1. The van der Waals surface area contributed by atoms with Crippen molar-refractivity contribution in [3.63, 3.8) is 0 Å². The molecule has 10 nitrogen and oxygen atoms in total. The van der Waals surface area contributed by atoms with Crippen LogP contribution in [-0.2, 0) is 6.54 Å². The Morgan fingerprint density at radius 3 is 2.94 bits per heavy atom. The van der Waals surface area contributed by atoms with Crippen molar-refractivity contribution in [3.8, 4) is 0 Å². The van der Waals surface area contributed by atoms with Gasteiger partial charge in [-0.15, -0.1) is 10.2 Å². The van der Waals surface area contributed by atoms with Crippen LogP contribution in [0.25, 0.3) is 0 Å². The third-order valence-corrected chi connectivity index (χ3v) is 2.79. The fourth-order valence-electron chi connectivity index (χ4n) is 1.17. The molecule has 2 heterocycles. The average Bonchev–Trinajstić information content (AvgIpc) is 2.79. The second-order valence-corrected chi connectivity index (χ2v) is 4.19. The molecule has 18 heavy (non-hydrogen) atoms. The normalized spacial score (nSPS) is 10.3. The lowest BCUT2D eigenvalue weighted by Crippen LogP contribution is -2.22. The van der Waals surface area contributed by atoms with Crippen LogP contribution in [0.1, 0.15) is 5.01 Å². The molecule has 0 aliphatic rings. The molecular formula is C7H7N7O3S. The second-order valence-electron chi connectivity index (χ2n) is 3.13. The molecule has 0 atom stereocenters. The molecule has 2 rings (SSSR count). The maximum absolute atomic E-state index is 11.4. The molecule has 11 heteroatoms. The van der Waals surface area contributed by atoms with Gasteiger partial charge in [-0.3, -0.25) is 20.1 Å². The summed E-state index contributed by atoms with van der Waals surface area (Å²) in [5, 5.41) is 18.9. The Labute approximate surface area is 103 Å². The highest BCUT2D eigenvalue weighted by atomic mass is 32.1. The topological polar surface area (TPSA) is 142 Å². The van der Waals surface area contributed by atoms with E-state index in [1.54, 1.807) is 0 Å². The van der Waals surface area contributed by atoms with Crippen LogP contribution < -0.4 is 17.0 Å². The van der Waals surface area contributed by atoms with E-state index in [1.807, 2.05) is 0 Å². The lowest BCUT2D eigenvalue weighted by Gasteiger charge is -2.00. The quantitative estimate of drug-likeness (QED) is 0.423. The molecule has 0 saturated heterocycles. The number of hydrogen-bond acceptors (Lipinski definition) is 9. The van der Waals surface area contributed by atoms with Gasteiger partial charge in [-0.2, -0.15) is 4.98 Å². The molecular weight excluding hydrogens is 262 g/mol. The molecule has 2 aromatic rings. The molecule has 0 aliphatic carbocycles. The van der Waals surface area contributed by atoms with Crippen LogP contribution >= 0.6 is 11.3 Å². The number of nitrogens with one attached hydrogen (secondary N) is 1. The van der Waals surface area contributed by atoms with Crippen molar-refractivity contribution < 1.29 is 4.92 Å². The Bertz CT molecular complexity index is 636. The minimum Gasteiger partial charge on any atom is -0.298 e. The molecule has 2 aromatic heterocycles. The molecule has 0 amide bonds. The summed E-state index contributed by atoms with van der Waals surface area (Å²) in [4.78, 5) is 24.8. The first kappa shape index (κ1) is 12.1. The lowest BCUT2D eigenvalue weighted by atomic mass is 10.5. The minimum atomic E-state index is -0.629. The van der Waals surface area contributed by atoms with Crippen LogP contribution in [0.15, 0.2) is 17.2 Å². The van der Waals surface area contributed by atoms with E-state index >= 15 is 0 Å². The van der Waals surface area contributed by atoms with Crippen molar-refractivity contribution in [2.45, 2.75) is 6.54 Å². The van der Waals surface area contributed by atoms with Gasteiger partial charge >= 0.3 is 11.4 Å². The number of nitrogens with zero attached hydrogens (tertiary/aromatic N) is 5. The number of nitro groups is 1. The highest BCUT2D eigenvalue weighted by molar-refractivity contribution is 7.15. The zero-order valence-electron chi connectivity index (χ0n) is 8.81. The summed E-state index contributed by atoms with van der Waals surface area (Å²) in [6, 6.07) is 0. The van der Waals surface area contributed by atoms with Crippen LogP contribution in [0, 0.1) is 10.1 Å². The largest absolute Gasteiger partial charge is 0.348 e. The second kappa shape index (κ2) is 4.85. The Morgan fingerprint density at radius 1 is 1.56 bits per heavy atom. The maximum atomic E-state index is 11.4. The molecule has 0 spiro atoms. The van der Waals surface area contributed by atoms with E-state index in [2.05, 4.69) is 20.6 Å². The Hall–Kier alpha value is -2.40. The summed E-state index contributed by atoms with van der Waals surface area (Å²) in [5.41, 5.74) is 1.44. The first-order chi connectivity index (χ1) is 8.60. The Balaban J connectivity index is 2.30. The lowest BCUT2D eigenvalue weighted by molar-refractivity contribution is -0.385. The predicted octanol–water partition coefficient (Wildman–Crippen LogP) is -0.663. The van der Waals surface area contributed by atoms with Gasteiger partial charge in [0.2, 0.25) is 5.13 Å². The Kier molecular flexibility index (Phi) is 3.25. The summed E-state index contributed by atoms with van der Waals surface area (Å²) < 4.78 is 1.08. The van der Waals surface area contributed by atoms with Gasteiger partial charge in [-0.1, -0.05) is 11.3 Å². The zero-order valence-corrected chi connectivity index (χ0v) is 9.62. The number of nitrogens with two attached hydrogens (primary N) is 1. The van der Waals surface area contributed by atoms with Crippen molar-refractivity contribution in [1.29, 1.82) is 0 Å². The molecule has 0 radical (unpaired) electrons. The van der Waals surface area contributed by atoms with Crippen molar-refractivity contribution in [2.75, 3.05) is 5.43 Å². The first-order valence-corrected chi connectivity index (χ1v) is 5.41. The highest BCUT2D eigenvalue weighted by Gasteiger charge is 2.11. The van der Waals surface area contributed by atoms with Gasteiger partial charge in [0.15, 0.2) is 0 Å². The standard InChI is InChI=1S/C7H7N7O3S/c8-10-6-12-11-5(18-6)3-13-2-4(14(16)17)1-9-7(13)15/h1-2H,3,8H2,(H,10,12). The summed E-state index contributed by atoms with van der Waals surface area (Å²) in [5.74, 6) is 5.14. The van der Waals surface area contributed by atoms with Crippen LogP contribution in [-0.4, -0.2) is 24.7 Å². The number of hydrazine groups is 1. The summed E-state index contributed by atoms with van der Waals surface area (Å²) in [7, 11) is 0. The van der Waals surface area contributed by atoms with E-state index in [0.29, 0.717) is 10.1 Å². The smallest absolute Gasteiger partial charge is 0.298 e. The van der Waals surface area contributed by atoms with Gasteiger partial charge in [-0.05, 0) is 0 Å². The monoisotopic (exact) mass is 269 g/mol. The van der Waals surface area contributed by atoms with E-state index in [9.17, 15) is 14.9 Å². The number of hydrogen-bond donors (Lipinski definition) is 2. The van der Waals surface area contributed by atoms with E-state index < -0.39 is 10.6 Å². The first-order valence-electron chi connectivity index (χ1n) is 4.60. The van der Waals surface area contributed by atoms with Gasteiger partial charge in [0.05, 0.1) is 17.7 Å². The number of rotatable bonds is 4. The van der Waals surface area contributed by atoms with Crippen LogP contribution in [0.2, 0.25) is 0 Å². The van der Waals surface area contributed by atoms with Gasteiger partial charge < -0.3 is 0 Å². The summed E-state index contributed by atoms with van der Waals surface area (Å²) in [6.07, 6.45) is 2.01. The predicted molar refractivity (Wildman–Crippen MR) is 62.0 cm³/mol. The maximum Gasteiger partial charge on any atom is 0.348 e. The van der Waals surface area contributed by atoms with Gasteiger partial charge in [0, 0.05) is 0 Å². The number of anilines is 1. The van der Waals surface area contributed by atoms with Gasteiger partial charge in [0.1, 0.15) is 11.2 Å². The van der Waals surface area contributed by atoms with Gasteiger partial charge in [-0.25, -0.2) is 10.6 Å². The van der Waals surface area contributed by atoms with E-state index in [0.717, 1.165) is 28.3 Å². The van der Waals surface area contributed by atoms with Crippen LogP contribution in [0.5, 0.6) is 0 Å². The molecule has 0 saturated carbocycles. The van der Waals surface area contributed by atoms with Crippen molar-refractivity contribution in [1.82, 2.24) is 19.7 Å². The van der Waals surface area contributed by atoms with Crippen LogP contribution in [0.3, 0.4) is 0 Å². The summed E-state index contributed by atoms with van der Waals surface area (Å²) in [6.45, 7) is 0.0485. The van der Waals surface area contributed by atoms with Crippen molar-refractivity contribution in [3.05, 3.63) is 38.0 Å². The highest BCUT2D eigenvalue weighted by Crippen LogP contribution is 2.14. The van der Waals surface area contributed by atoms with Crippen molar-refractivity contribution in [2.24, 2.45) is 5.84 Å². The van der Waals surface area contributed by atoms with E-state index in [4.69, 9.17) is 5.84 Å².